The summed E-state index contributed by atoms with van der Waals surface area (Å²) in [6.45, 7) is 2.08. The van der Waals surface area contributed by atoms with Crippen LogP contribution >= 0.6 is 0 Å². The largest absolute Gasteiger partial charge is 0.478 e. The minimum Gasteiger partial charge on any atom is -0.478 e. The van der Waals surface area contributed by atoms with Crippen molar-refractivity contribution in [2.45, 2.75) is 13.3 Å². The van der Waals surface area contributed by atoms with Crippen LogP contribution in [0.5, 0.6) is 0 Å². The number of nitrogens with one attached hydrogen (secondary N) is 1. The molecule has 3 rings (SSSR count). The highest BCUT2D eigenvalue weighted by Gasteiger charge is 2.12. The summed E-state index contributed by atoms with van der Waals surface area (Å²) < 4.78 is 0. The highest BCUT2D eigenvalue weighted by atomic mass is 16.4. The zero-order valence-corrected chi connectivity index (χ0v) is 12.2. The van der Waals surface area contributed by atoms with Gasteiger partial charge in [0.25, 0.3) is 0 Å². The van der Waals surface area contributed by atoms with Crippen molar-refractivity contribution in [3.63, 3.8) is 0 Å². The third kappa shape index (κ3) is 2.63. The van der Waals surface area contributed by atoms with Gasteiger partial charge in [-0.05, 0) is 30.2 Å². The molecule has 0 aliphatic rings. The van der Waals surface area contributed by atoms with Gasteiger partial charge < -0.3 is 10.4 Å². The molecule has 110 valence electrons. The number of hydrogen-bond acceptors (Lipinski definition) is 3. The molecule has 0 bridgehead atoms. The third-order valence-corrected chi connectivity index (χ3v) is 3.61. The summed E-state index contributed by atoms with van der Waals surface area (Å²) in [6.07, 6.45) is 0.891. The first kappa shape index (κ1) is 14.1. The summed E-state index contributed by atoms with van der Waals surface area (Å²) in [5, 5.41) is 13.3. The number of benzene rings is 2. The number of aryl methyl sites for hydroxylation is 1. The minimum absolute atomic E-state index is 0.252. The summed E-state index contributed by atoms with van der Waals surface area (Å²) in [5.74, 6) is -0.414. The first-order valence-electron chi connectivity index (χ1n) is 7.17. The SMILES string of the molecule is CCc1ccccc1Nc1cc(C(=O)O)c2ccccc2n1. The smallest absolute Gasteiger partial charge is 0.336 e. The second-order valence-electron chi connectivity index (χ2n) is 5.01. The number of para-hydroxylation sites is 2. The lowest BCUT2D eigenvalue weighted by Gasteiger charge is -2.12. The summed E-state index contributed by atoms with van der Waals surface area (Å²) in [6, 6.07) is 16.8. The normalized spacial score (nSPS) is 10.6. The Labute approximate surface area is 128 Å². The van der Waals surface area contributed by atoms with E-state index in [0.717, 1.165) is 17.7 Å². The average molecular weight is 292 g/mol. The van der Waals surface area contributed by atoms with E-state index in [1.165, 1.54) is 0 Å². The van der Waals surface area contributed by atoms with E-state index < -0.39 is 5.97 Å². The number of carboxylic acid groups (broad SMARTS) is 1. The van der Waals surface area contributed by atoms with Gasteiger partial charge in [0, 0.05) is 11.1 Å². The molecule has 0 aliphatic heterocycles. The van der Waals surface area contributed by atoms with Crippen molar-refractivity contribution >= 4 is 28.4 Å². The molecule has 0 saturated carbocycles. The lowest BCUT2D eigenvalue weighted by Crippen LogP contribution is -2.03. The van der Waals surface area contributed by atoms with Crippen LogP contribution in [0.1, 0.15) is 22.8 Å². The quantitative estimate of drug-likeness (QED) is 0.755. The van der Waals surface area contributed by atoms with Gasteiger partial charge in [-0.15, -0.1) is 0 Å². The minimum atomic E-state index is -0.953. The van der Waals surface area contributed by atoms with Crippen LogP contribution in [0.2, 0.25) is 0 Å². The second-order valence-corrected chi connectivity index (χ2v) is 5.01. The first-order valence-corrected chi connectivity index (χ1v) is 7.17. The van der Waals surface area contributed by atoms with Crippen LogP contribution in [-0.4, -0.2) is 16.1 Å². The number of fused-ring (bicyclic) bond motifs is 1. The molecule has 0 unspecified atom stereocenters. The fourth-order valence-corrected chi connectivity index (χ4v) is 2.50. The van der Waals surface area contributed by atoms with Gasteiger partial charge in [0.15, 0.2) is 0 Å². The Kier molecular flexibility index (Phi) is 3.74. The van der Waals surface area contributed by atoms with Crippen LogP contribution in [0.4, 0.5) is 11.5 Å². The molecule has 22 heavy (non-hydrogen) atoms. The predicted molar refractivity (Wildman–Crippen MR) is 87.8 cm³/mol. The van der Waals surface area contributed by atoms with Crippen LogP contribution in [0.3, 0.4) is 0 Å². The summed E-state index contributed by atoms with van der Waals surface area (Å²) in [5.41, 5.74) is 3.03. The first-order chi connectivity index (χ1) is 10.7. The standard InChI is InChI=1S/C18H16N2O2/c1-2-12-7-3-5-9-15(12)19-17-11-14(18(21)22)13-8-4-6-10-16(13)20-17/h3-11H,2H2,1H3,(H,19,20)(H,21,22). The number of hydrogen-bond donors (Lipinski definition) is 2. The Hall–Kier alpha value is -2.88. The highest BCUT2D eigenvalue weighted by Crippen LogP contribution is 2.25. The lowest BCUT2D eigenvalue weighted by molar-refractivity contribution is 0.0699. The zero-order chi connectivity index (χ0) is 15.5. The van der Waals surface area contributed by atoms with E-state index in [0.29, 0.717) is 16.7 Å². The van der Waals surface area contributed by atoms with Crippen LogP contribution in [0.25, 0.3) is 10.9 Å². The van der Waals surface area contributed by atoms with Gasteiger partial charge in [0.05, 0.1) is 11.1 Å². The number of pyridine rings is 1. The molecule has 0 spiro atoms. The molecule has 3 aromatic rings. The van der Waals surface area contributed by atoms with Gasteiger partial charge in [-0.3, -0.25) is 0 Å². The van der Waals surface area contributed by atoms with Crippen LogP contribution in [0.15, 0.2) is 54.6 Å². The second kappa shape index (κ2) is 5.85. The maximum Gasteiger partial charge on any atom is 0.336 e. The van der Waals surface area contributed by atoms with Crippen molar-refractivity contribution in [3.05, 3.63) is 65.7 Å². The van der Waals surface area contributed by atoms with Crippen molar-refractivity contribution < 1.29 is 9.90 Å². The number of aromatic nitrogens is 1. The molecule has 0 aliphatic carbocycles. The molecule has 2 aromatic carbocycles. The van der Waals surface area contributed by atoms with Crippen LogP contribution in [-0.2, 0) is 6.42 Å². The Morgan fingerprint density at radius 1 is 1.14 bits per heavy atom. The molecule has 1 heterocycles. The van der Waals surface area contributed by atoms with Crippen LogP contribution < -0.4 is 5.32 Å². The molecule has 0 fully saturated rings. The molecule has 0 atom stereocenters. The summed E-state index contributed by atoms with van der Waals surface area (Å²) >= 11 is 0. The monoisotopic (exact) mass is 292 g/mol. The van der Waals surface area contributed by atoms with Crippen molar-refractivity contribution in [2.75, 3.05) is 5.32 Å². The highest BCUT2D eigenvalue weighted by molar-refractivity contribution is 6.03. The molecular formula is C18H16N2O2. The van der Waals surface area contributed by atoms with E-state index >= 15 is 0 Å². The number of rotatable bonds is 4. The number of carbonyl (C=O) groups is 1. The maximum absolute atomic E-state index is 11.5. The van der Waals surface area contributed by atoms with E-state index in [-0.39, 0.29) is 5.56 Å². The van der Waals surface area contributed by atoms with E-state index in [1.54, 1.807) is 12.1 Å². The van der Waals surface area contributed by atoms with Gasteiger partial charge in [-0.25, -0.2) is 9.78 Å². The van der Waals surface area contributed by atoms with E-state index in [4.69, 9.17) is 0 Å². The average Bonchev–Trinajstić information content (AvgIpc) is 2.54. The topological polar surface area (TPSA) is 62.2 Å². The van der Waals surface area contributed by atoms with Gasteiger partial charge in [-0.1, -0.05) is 43.3 Å². The zero-order valence-electron chi connectivity index (χ0n) is 12.2. The van der Waals surface area contributed by atoms with Crippen molar-refractivity contribution in [3.8, 4) is 0 Å². The Morgan fingerprint density at radius 2 is 1.86 bits per heavy atom. The van der Waals surface area contributed by atoms with Crippen molar-refractivity contribution in [1.82, 2.24) is 4.98 Å². The summed E-state index contributed by atoms with van der Waals surface area (Å²) in [4.78, 5) is 16.0. The Bertz CT molecular complexity index is 843. The summed E-state index contributed by atoms with van der Waals surface area (Å²) in [7, 11) is 0. The number of carboxylic acids is 1. The van der Waals surface area contributed by atoms with E-state index in [1.807, 2.05) is 42.5 Å². The number of anilines is 2. The maximum atomic E-state index is 11.5. The molecule has 4 heteroatoms. The van der Waals surface area contributed by atoms with Crippen molar-refractivity contribution in [2.24, 2.45) is 0 Å². The molecule has 0 amide bonds. The number of nitrogens with zero attached hydrogens (tertiary/aromatic N) is 1. The predicted octanol–water partition coefficient (Wildman–Crippen LogP) is 4.24. The molecular weight excluding hydrogens is 276 g/mol. The van der Waals surface area contributed by atoms with Gasteiger partial charge in [-0.2, -0.15) is 0 Å². The molecule has 0 radical (unpaired) electrons. The Balaban J connectivity index is 2.10. The molecule has 1 aromatic heterocycles. The van der Waals surface area contributed by atoms with Gasteiger partial charge in [0.2, 0.25) is 0 Å². The molecule has 0 saturated heterocycles. The third-order valence-electron chi connectivity index (χ3n) is 3.61. The van der Waals surface area contributed by atoms with Crippen molar-refractivity contribution in [1.29, 1.82) is 0 Å². The molecule has 2 N–H and O–H groups in total. The fourth-order valence-electron chi connectivity index (χ4n) is 2.50. The number of aromatic carboxylic acids is 1. The fraction of sp³-hybridized carbons (Fsp3) is 0.111. The van der Waals surface area contributed by atoms with Crippen LogP contribution in [0, 0.1) is 0 Å². The van der Waals surface area contributed by atoms with E-state index in [9.17, 15) is 9.90 Å². The van der Waals surface area contributed by atoms with Gasteiger partial charge in [0.1, 0.15) is 5.82 Å². The van der Waals surface area contributed by atoms with E-state index in [2.05, 4.69) is 17.2 Å². The Morgan fingerprint density at radius 3 is 2.64 bits per heavy atom. The lowest BCUT2D eigenvalue weighted by atomic mass is 10.1. The molecule has 4 nitrogen and oxygen atoms in total. The van der Waals surface area contributed by atoms with Gasteiger partial charge >= 0.3 is 5.97 Å².